The molecule has 1 amide bonds. The van der Waals surface area contributed by atoms with E-state index in [1.54, 1.807) is 29.8 Å². The number of amides is 1. The number of anilines is 1. The molecule has 3 N–H and O–H groups in total. The fourth-order valence-electron chi connectivity index (χ4n) is 2.21. The van der Waals surface area contributed by atoms with E-state index in [2.05, 4.69) is 5.43 Å². The van der Waals surface area contributed by atoms with Gasteiger partial charge >= 0.3 is 5.69 Å². The molecular weight excluding hydrogens is 280 g/mol. The number of nitrogens with zero attached hydrogens (tertiary/aromatic N) is 2. The Morgan fingerprint density at radius 1 is 1.60 bits per heavy atom. The number of nitrogen functional groups attached to an aromatic ring is 1. The first-order valence-corrected chi connectivity index (χ1v) is 7.30. The van der Waals surface area contributed by atoms with Crippen molar-refractivity contribution < 1.29 is 9.72 Å². The minimum absolute atomic E-state index is 0.0600. The highest BCUT2D eigenvalue weighted by atomic mass is 32.2. The van der Waals surface area contributed by atoms with Crippen molar-refractivity contribution in [2.75, 3.05) is 24.0 Å². The van der Waals surface area contributed by atoms with E-state index in [9.17, 15) is 14.9 Å². The van der Waals surface area contributed by atoms with Crippen LogP contribution in [0, 0.1) is 10.1 Å². The lowest BCUT2D eigenvalue weighted by molar-refractivity contribution is -0.384. The summed E-state index contributed by atoms with van der Waals surface area (Å²) in [6.45, 7) is 0. The van der Waals surface area contributed by atoms with Gasteiger partial charge in [-0.15, -0.1) is 0 Å². The van der Waals surface area contributed by atoms with Gasteiger partial charge in [-0.25, -0.2) is 0 Å². The molecule has 0 aromatic heterocycles. The van der Waals surface area contributed by atoms with Gasteiger partial charge in [0.25, 0.3) is 5.91 Å². The third-order valence-corrected chi connectivity index (χ3v) is 4.52. The van der Waals surface area contributed by atoms with Crippen LogP contribution in [0.4, 0.5) is 11.4 Å². The van der Waals surface area contributed by atoms with Crippen molar-refractivity contribution in [1.82, 2.24) is 4.90 Å². The first kappa shape index (κ1) is 14.6. The van der Waals surface area contributed by atoms with Crippen LogP contribution in [0.15, 0.2) is 18.2 Å². The molecule has 0 spiro atoms. The fourth-order valence-corrected chi connectivity index (χ4v) is 3.48. The van der Waals surface area contributed by atoms with Gasteiger partial charge in [0.2, 0.25) is 0 Å². The summed E-state index contributed by atoms with van der Waals surface area (Å²) in [7, 11) is 1.69. The summed E-state index contributed by atoms with van der Waals surface area (Å²) >= 11 is 1.78. The van der Waals surface area contributed by atoms with Gasteiger partial charge in [-0.05, 0) is 24.3 Å². The van der Waals surface area contributed by atoms with Crippen molar-refractivity contribution >= 4 is 29.0 Å². The van der Waals surface area contributed by atoms with Crippen LogP contribution in [0.25, 0.3) is 0 Å². The molecule has 1 aromatic carbocycles. The van der Waals surface area contributed by atoms with E-state index in [1.165, 1.54) is 12.1 Å². The molecule has 2 rings (SSSR count). The van der Waals surface area contributed by atoms with Gasteiger partial charge in [0.15, 0.2) is 0 Å². The number of rotatable bonds is 4. The summed E-state index contributed by atoms with van der Waals surface area (Å²) in [6, 6.07) is 4.63. The lowest BCUT2D eigenvalue weighted by atomic mass is 10.1. The van der Waals surface area contributed by atoms with Crippen LogP contribution >= 0.6 is 11.8 Å². The number of nitro groups is 1. The van der Waals surface area contributed by atoms with E-state index in [0.717, 1.165) is 17.9 Å². The Morgan fingerprint density at radius 3 is 2.90 bits per heavy atom. The Morgan fingerprint density at radius 2 is 2.35 bits per heavy atom. The molecular formula is C12H16N4O3S. The highest BCUT2D eigenvalue weighted by Crippen LogP contribution is 2.30. The van der Waals surface area contributed by atoms with E-state index in [-0.39, 0.29) is 28.9 Å². The van der Waals surface area contributed by atoms with Gasteiger partial charge in [-0.1, -0.05) is 6.07 Å². The van der Waals surface area contributed by atoms with Crippen molar-refractivity contribution in [2.24, 2.45) is 5.84 Å². The third-order valence-electron chi connectivity index (χ3n) is 3.38. The maximum Gasteiger partial charge on any atom is 0.306 e. The second-order valence-electron chi connectivity index (χ2n) is 4.54. The van der Waals surface area contributed by atoms with Crippen LogP contribution in [-0.2, 0) is 0 Å². The Bertz CT molecular complexity index is 531. The molecule has 20 heavy (non-hydrogen) atoms. The van der Waals surface area contributed by atoms with Gasteiger partial charge in [0.1, 0.15) is 11.3 Å². The molecule has 0 radical (unpaired) electrons. The van der Waals surface area contributed by atoms with Crippen molar-refractivity contribution in [3.8, 4) is 0 Å². The van der Waals surface area contributed by atoms with Crippen molar-refractivity contribution in [1.29, 1.82) is 0 Å². The predicted octanol–water partition coefficient (Wildman–Crippen LogP) is 1.46. The molecule has 1 atom stereocenters. The van der Waals surface area contributed by atoms with Crippen LogP contribution in [0.2, 0.25) is 0 Å². The maximum atomic E-state index is 12.5. The Kier molecular flexibility index (Phi) is 4.46. The fraction of sp³-hybridized carbons (Fsp3) is 0.417. The smallest absolute Gasteiger partial charge is 0.306 e. The standard InChI is InChI=1S/C12H16N4O3S/c1-15(8-5-6-20-7-8)12(17)9-3-2-4-10(14-13)11(9)16(18)19/h2-4,8,14H,5-7,13H2,1H3. The number of carbonyl (C=O) groups is 1. The summed E-state index contributed by atoms with van der Waals surface area (Å²) in [5.74, 6) is 6.80. The first-order valence-electron chi connectivity index (χ1n) is 6.15. The molecule has 1 aliphatic rings. The molecule has 1 saturated heterocycles. The van der Waals surface area contributed by atoms with E-state index >= 15 is 0 Å². The molecule has 1 aromatic rings. The molecule has 1 fully saturated rings. The summed E-state index contributed by atoms with van der Waals surface area (Å²) in [4.78, 5) is 24.7. The number of para-hydroxylation sites is 1. The van der Waals surface area contributed by atoms with Crippen molar-refractivity contribution in [3.63, 3.8) is 0 Å². The first-order chi connectivity index (χ1) is 9.56. The van der Waals surface area contributed by atoms with Gasteiger partial charge in [0, 0.05) is 18.8 Å². The number of nitro benzene ring substituents is 1. The number of thioether (sulfide) groups is 1. The number of hydrogen-bond acceptors (Lipinski definition) is 6. The topological polar surface area (TPSA) is 102 Å². The Hall–Kier alpha value is -1.80. The molecule has 0 aliphatic carbocycles. The van der Waals surface area contributed by atoms with Crippen molar-refractivity contribution in [3.05, 3.63) is 33.9 Å². The van der Waals surface area contributed by atoms with E-state index in [1.807, 2.05) is 0 Å². The lowest BCUT2D eigenvalue weighted by Crippen LogP contribution is -2.37. The van der Waals surface area contributed by atoms with Gasteiger partial charge in [0.05, 0.1) is 4.92 Å². The molecule has 108 valence electrons. The van der Waals surface area contributed by atoms with Crippen LogP contribution in [-0.4, -0.2) is 40.3 Å². The van der Waals surface area contributed by atoms with Crippen LogP contribution in [0.3, 0.4) is 0 Å². The number of nitrogens with two attached hydrogens (primary N) is 1. The van der Waals surface area contributed by atoms with Crippen LogP contribution in [0.5, 0.6) is 0 Å². The summed E-state index contributed by atoms with van der Waals surface area (Å²) in [6.07, 6.45) is 0.912. The molecule has 8 heteroatoms. The van der Waals surface area contributed by atoms with E-state index in [4.69, 9.17) is 5.84 Å². The van der Waals surface area contributed by atoms with Gasteiger partial charge in [-0.2, -0.15) is 11.8 Å². The molecule has 7 nitrogen and oxygen atoms in total. The quantitative estimate of drug-likeness (QED) is 0.495. The molecule has 1 unspecified atom stereocenters. The molecule has 0 saturated carbocycles. The normalized spacial score (nSPS) is 17.8. The Labute approximate surface area is 120 Å². The minimum atomic E-state index is -0.584. The number of carbonyl (C=O) groups excluding carboxylic acids is 1. The zero-order chi connectivity index (χ0) is 14.7. The number of hydrazine groups is 1. The average Bonchev–Trinajstić information content (AvgIpc) is 2.98. The minimum Gasteiger partial charge on any atom is -0.338 e. The maximum absolute atomic E-state index is 12.5. The SMILES string of the molecule is CN(C(=O)c1cccc(NN)c1[N+](=O)[O-])C1CCSC1. The highest BCUT2D eigenvalue weighted by molar-refractivity contribution is 7.99. The summed E-state index contributed by atoms with van der Waals surface area (Å²) in [5.41, 5.74) is 2.18. The second-order valence-corrected chi connectivity index (χ2v) is 5.69. The van der Waals surface area contributed by atoms with Crippen molar-refractivity contribution in [2.45, 2.75) is 12.5 Å². The molecule has 1 heterocycles. The predicted molar refractivity (Wildman–Crippen MR) is 78.7 cm³/mol. The zero-order valence-corrected chi connectivity index (χ0v) is 11.9. The van der Waals surface area contributed by atoms with Crippen LogP contribution < -0.4 is 11.3 Å². The van der Waals surface area contributed by atoms with Gasteiger partial charge < -0.3 is 10.3 Å². The highest BCUT2D eigenvalue weighted by Gasteiger charge is 2.30. The average molecular weight is 296 g/mol. The van der Waals surface area contributed by atoms with Crippen LogP contribution in [0.1, 0.15) is 16.8 Å². The monoisotopic (exact) mass is 296 g/mol. The Balaban J connectivity index is 2.36. The lowest BCUT2D eigenvalue weighted by Gasteiger charge is -2.23. The molecule has 1 aliphatic heterocycles. The summed E-state index contributed by atoms with van der Waals surface area (Å²) < 4.78 is 0. The second kappa shape index (κ2) is 6.10. The van der Waals surface area contributed by atoms with Gasteiger partial charge in [-0.3, -0.25) is 20.8 Å². The van der Waals surface area contributed by atoms with E-state index < -0.39 is 4.92 Å². The largest absolute Gasteiger partial charge is 0.338 e. The van der Waals surface area contributed by atoms with E-state index in [0.29, 0.717) is 0 Å². The summed E-state index contributed by atoms with van der Waals surface area (Å²) in [5, 5.41) is 11.2. The number of nitrogens with one attached hydrogen (secondary N) is 1. The third kappa shape index (κ3) is 2.70. The molecule has 0 bridgehead atoms. The number of hydrogen-bond donors (Lipinski definition) is 2. The number of benzene rings is 1. The zero-order valence-electron chi connectivity index (χ0n) is 11.0.